The molecule has 3 rings (SSSR count). The highest BCUT2D eigenvalue weighted by molar-refractivity contribution is 7.89. The van der Waals surface area contributed by atoms with Gasteiger partial charge in [0, 0.05) is 49.0 Å². The first kappa shape index (κ1) is 21.8. The number of carbonyl (C=O) groups excluding carboxylic acids is 1. The van der Waals surface area contributed by atoms with Gasteiger partial charge in [-0.3, -0.25) is 9.69 Å². The molecule has 1 N–H and O–H groups in total. The van der Waals surface area contributed by atoms with E-state index in [9.17, 15) is 13.2 Å². The molecule has 6 nitrogen and oxygen atoms in total. The number of anilines is 1. The van der Waals surface area contributed by atoms with E-state index in [1.54, 1.807) is 29.4 Å². The molecule has 0 spiro atoms. The molecular formula is C21H26ClN3O3S. The van der Waals surface area contributed by atoms with E-state index in [0.717, 1.165) is 11.1 Å². The molecule has 156 valence electrons. The SMILES string of the molecule is CCS(=O)(=O)N1CCN(Cc2cccc(C(=O)Nc3cccc(Cl)c3C)c2)CC1. The Balaban J connectivity index is 1.63. The fourth-order valence-corrected chi connectivity index (χ4v) is 4.61. The highest BCUT2D eigenvalue weighted by Crippen LogP contribution is 2.23. The van der Waals surface area contributed by atoms with Gasteiger partial charge in [-0.2, -0.15) is 4.31 Å². The normalized spacial score (nSPS) is 16.0. The molecule has 1 saturated heterocycles. The van der Waals surface area contributed by atoms with Crippen LogP contribution in [0.3, 0.4) is 0 Å². The predicted octanol–water partition coefficient (Wildman–Crippen LogP) is 3.37. The number of sulfonamides is 1. The molecule has 1 aliphatic rings. The third-order valence-corrected chi connectivity index (χ3v) is 7.49. The Labute approximate surface area is 177 Å². The summed E-state index contributed by atoms with van der Waals surface area (Å²) >= 11 is 6.13. The summed E-state index contributed by atoms with van der Waals surface area (Å²) in [6.45, 7) is 6.58. The fourth-order valence-electron chi connectivity index (χ4n) is 3.35. The summed E-state index contributed by atoms with van der Waals surface area (Å²) in [6.07, 6.45) is 0. The van der Waals surface area contributed by atoms with Crippen molar-refractivity contribution in [2.75, 3.05) is 37.2 Å². The molecular weight excluding hydrogens is 410 g/mol. The number of nitrogens with zero attached hydrogens (tertiary/aromatic N) is 2. The van der Waals surface area contributed by atoms with E-state index in [0.29, 0.717) is 49.0 Å². The first-order valence-corrected chi connectivity index (χ1v) is 11.6. The first-order chi connectivity index (χ1) is 13.8. The van der Waals surface area contributed by atoms with Crippen LogP contribution in [0, 0.1) is 6.92 Å². The molecule has 0 aromatic heterocycles. The van der Waals surface area contributed by atoms with Gasteiger partial charge in [0.05, 0.1) is 5.75 Å². The van der Waals surface area contributed by atoms with E-state index in [1.165, 1.54) is 0 Å². The lowest BCUT2D eigenvalue weighted by Gasteiger charge is -2.33. The zero-order valence-corrected chi connectivity index (χ0v) is 18.3. The van der Waals surface area contributed by atoms with Crippen molar-refractivity contribution in [2.45, 2.75) is 20.4 Å². The molecule has 29 heavy (non-hydrogen) atoms. The minimum absolute atomic E-state index is 0.135. The summed E-state index contributed by atoms with van der Waals surface area (Å²) in [4.78, 5) is 14.9. The van der Waals surface area contributed by atoms with Crippen molar-refractivity contribution in [3.05, 3.63) is 64.2 Å². The van der Waals surface area contributed by atoms with Crippen LogP contribution in [0.4, 0.5) is 5.69 Å². The van der Waals surface area contributed by atoms with E-state index in [4.69, 9.17) is 11.6 Å². The molecule has 1 aliphatic heterocycles. The van der Waals surface area contributed by atoms with Gasteiger partial charge in [-0.05, 0) is 49.2 Å². The second-order valence-corrected chi connectivity index (χ2v) is 9.81. The number of piperazine rings is 1. The van der Waals surface area contributed by atoms with E-state index in [1.807, 2.05) is 31.2 Å². The molecule has 0 bridgehead atoms. The zero-order chi connectivity index (χ0) is 21.0. The first-order valence-electron chi connectivity index (χ1n) is 9.65. The number of nitrogens with one attached hydrogen (secondary N) is 1. The summed E-state index contributed by atoms with van der Waals surface area (Å²) in [7, 11) is -3.13. The highest BCUT2D eigenvalue weighted by Gasteiger charge is 2.25. The van der Waals surface area contributed by atoms with E-state index < -0.39 is 10.0 Å². The fraction of sp³-hybridized carbons (Fsp3) is 0.381. The summed E-state index contributed by atoms with van der Waals surface area (Å²) in [5.74, 6) is -0.0490. The van der Waals surface area contributed by atoms with Crippen LogP contribution in [0.15, 0.2) is 42.5 Å². The topological polar surface area (TPSA) is 69.7 Å². The Kier molecular flexibility index (Phi) is 6.95. The Hall–Kier alpha value is -1.93. The van der Waals surface area contributed by atoms with Gasteiger partial charge in [0.1, 0.15) is 0 Å². The molecule has 2 aromatic carbocycles. The number of hydrogen-bond donors (Lipinski definition) is 1. The monoisotopic (exact) mass is 435 g/mol. The molecule has 0 atom stereocenters. The molecule has 2 aromatic rings. The van der Waals surface area contributed by atoms with Crippen LogP contribution in [0.2, 0.25) is 5.02 Å². The van der Waals surface area contributed by atoms with Gasteiger partial charge in [0.2, 0.25) is 10.0 Å². The Morgan fingerprint density at radius 1 is 1.10 bits per heavy atom. The largest absolute Gasteiger partial charge is 0.322 e. The zero-order valence-electron chi connectivity index (χ0n) is 16.7. The lowest BCUT2D eigenvalue weighted by atomic mass is 10.1. The second-order valence-electron chi connectivity index (χ2n) is 7.14. The number of benzene rings is 2. The minimum Gasteiger partial charge on any atom is -0.322 e. The van der Waals surface area contributed by atoms with Crippen LogP contribution in [-0.2, 0) is 16.6 Å². The average molecular weight is 436 g/mol. The molecule has 0 saturated carbocycles. The van der Waals surface area contributed by atoms with Gasteiger partial charge in [-0.25, -0.2) is 8.42 Å². The maximum Gasteiger partial charge on any atom is 0.255 e. The van der Waals surface area contributed by atoms with E-state index in [-0.39, 0.29) is 11.7 Å². The van der Waals surface area contributed by atoms with Gasteiger partial charge in [-0.15, -0.1) is 0 Å². The summed E-state index contributed by atoms with van der Waals surface area (Å²) in [5.41, 5.74) is 3.13. The molecule has 1 amide bonds. The molecule has 0 unspecified atom stereocenters. The molecule has 8 heteroatoms. The molecule has 1 heterocycles. The maximum absolute atomic E-state index is 12.7. The van der Waals surface area contributed by atoms with Crippen LogP contribution < -0.4 is 5.32 Å². The summed E-state index contributed by atoms with van der Waals surface area (Å²) in [5, 5.41) is 3.53. The van der Waals surface area contributed by atoms with Gasteiger partial charge in [-0.1, -0.05) is 29.8 Å². The van der Waals surface area contributed by atoms with E-state index in [2.05, 4.69) is 10.2 Å². The number of carbonyl (C=O) groups is 1. The van der Waals surface area contributed by atoms with Crippen LogP contribution in [0.5, 0.6) is 0 Å². The summed E-state index contributed by atoms with van der Waals surface area (Å²) < 4.78 is 25.5. The smallest absolute Gasteiger partial charge is 0.255 e. The standard InChI is InChI=1S/C21H26ClN3O3S/c1-3-29(27,28)25-12-10-24(11-13-25)15-17-6-4-7-18(14-17)21(26)23-20-9-5-8-19(22)16(20)2/h4-9,14H,3,10-13,15H2,1-2H3,(H,23,26). The van der Waals surface area contributed by atoms with Crippen molar-refractivity contribution >= 4 is 33.2 Å². The lowest BCUT2D eigenvalue weighted by molar-refractivity contribution is 0.102. The quantitative estimate of drug-likeness (QED) is 0.755. The van der Waals surface area contributed by atoms with Gasteiger partial charge in [0.15, 0.2) is 0 Å². The van der Waals surface area contributed by atoms with Crippen molar-refractivity contribution < 1.29 is 13.2 Å². The minimum atomic E-state index is -3.13. The third-order valence-electron chi connectivity index (χ3n) is 5.20. The van der Waals surface area contributed by atoms with Crippen LogP contribution in [0.1, 0.15) is 28.4 Å². The van der Waals surface area contributed by atoms with Crippen molar-refractivity contribution in [3.8, 4) is 0 Å². The third kappa shape index (κ3) is 5.36. The molecule has 0 aliphatic carbocycles. The average Bonchev–Trinajstić information content (AvgIpc) is 2.72. The van der Waals surface area contributed by atoms with Crippen LogP contribution in [-0.4, -0.2) is 55.5 Å². The van der Waals surface area contributed by atoms with Crippen molar-refractivity contribution in [1.29, 1.82) is 0 Å². The number of halogens is 1. The Morgan fingerprint density at radius 3 is 2.48 bits per heavy atom. The van der Waals surface area contributed by atoms with Crippen molar-refractivity contribution in [1.82, 2.24) is 9.21 Å². The number of amides is 1. The van der Waals surface area contributed by atoms with Crippen molar-refractivity contribution in [3.63, 3.8) is 0 Å². The number of rotatable bonds is 6. The lowest BCUT2D eigenvalue weighted by Crippen LogP contribution is -2.48. The van der Waals surface area contributed by atoms with Crippen LogP contribution >= 0.6 is 11.6 Å². The second kappa shape index (κ2) is 9.26. The molecule has 1 fully saturated rings. The Morgan fingerprint density at radius 2 is 1.79 bits per heavy atom. The van der Waals surface area contributed by atoms with E-state index >= 15 is 0 Å². The number of hydrogen-bond acceptors (Lipinski definition) is 4. The summed E-state index contributed by atoms with van der Waals surface area (Å²) in [6, 6.07) is 12.9. The molecule has 0 radical (unpaired) electrons. The highest BCUT2D eigenvalue weighted by atomic mass is 35.5. The van der Waals surface area contributed by atoms with Gasteiger partial charge >= 0.3 is 0 Å². The Bertz CT molecular complexity index is 986. The van der Waals surface area contributed by atoms with Crippen LogP contribution in [0.25, 0.3) is 0 Å². The van der Waals surface area contributed by atoms with Crippen molar-refractivity contribution in [2.24, 2.45) is 0 Å². The van der Waals surface area contributed by atoms with Gasteiger partial charge < -0.3 is 5.32 Å². The van der Waals surface area contributed by atoms with Gasteiger partial charge in [0.25, 0.3) is 5.91 Å². The maximum atomic E-state index is 12.7. The predicted molar refractivity (Wildman–Crippen MR) is 117 cm³/mol.